The lowest BCUT2D eigenvalue weighted by Gasteiger charge is -2.13. The van der Waals surface area contributed by atoms with Crippen LogP contribution in [0, 0.1) is 0 Å². The SMILES string of the molecule is O=C1c2ccccc2C(=O)N1CSc1ncnc2scc(-c3ccccc3)c12. The Morgan fingerprint density at radius 1 is 0.857 bits per heavy atom. The van der Waals surface area contributed by atoms with Gasteiger partial charge in [-0.25, -0.2) is 9.97 Å². The maximum absolute atomic E-state index is 12.6. The summed E-state index contributed by atoms with van der Waals surface area (Å²) < 4.78 is 0. The molecule has 3 heterocycles. The van der Waals surface area contributed by atoms with Crippen molar-refractivity contribution in [2.75, 3.05) is 5.88 Å². The summed E-state index contributed by atoms with van der Waals surface area (Å²) in [5.74, 6) is -0.304. The number of imide groups is 1. The van der Waals surface area contributed by atoms with E-state index in [1.807, 2.05) is 30.3 Å². The van der Waals surface area contributed by atoms with Crippen LogP contribution in [0.5, 0.6) is 0 Å². The molecule has 2 aromatic carbocycles. The second-order valence-corrected chi connectivity index (χ2v) is 8.02. The van der Waals surface area contributed by atoms with Gasteiger partial charge < -0.3 is 0 Å². The van der Waals surface area contributed by atoms with Crippen LogP contribution in [-0.4, -0.2) is 32.6 Å². The number of hydrogen-bond acceptors (Lipinski definition) is 6. The van der Waals surface area contributed by atoms with Crippen LogP contribution in [-0.2, 0) is 0 Å². The van der Waals surface area contributed by atoms with Crippen LogP contribution in [0.15, 0.2) is 71.3 Å². The van der Waals surface area contributed by atoms with Gasteiger partial charge in [0.05, 0.1) is 22.4 Å². The molecule has 0 fully saturated rings. The molecule has 1 aliphatic rings. The first-order chi connectivity index (χ1) is 13.7. The minimum atomic E-state index is -0.257. The highest BCUT2D eigenvalue weighted by Gasteiger charge is 2.35. The maximum atomic E-state index is 12.6. The highest BCUT2D eigenvalue weighted by atomic mass is 32.2. The Morgan fingerprint density at radius 3 is 2.25 bits per heavy atom. The second-order valence-electron chi connectivity index (χ2n) is 6.23. The lowest BCUT2D eigenvalue weighted by atomic mass is 10.1. The minimum Gasteiger partial charge on any atom is -0.269 e. The van der Waals surface area contributed by atoms with E-state index in [1.54, 1.807) is 35.6 Å². The molecule has 0 saturated heterocycles. The first-order valence-corrected chi connectivity index (χ1v) is 10.5. The van der Waals surface area contributed by atoms with Crippen LogP contribution >= 0.6 is 23.1 Å². The largest absolute Gasteiger partial charge is 0.269 e. The van der Waals surface area contributed by atoms with Gasteiger partial charge in [-0.2, -0.15) is 0 Å². The van der Waals surface area contributed by atoms with Crippen LogP contribution in [0.4, 0.5) is 0 Å². The molecule has 0 aliphatic carbocycles. The number of aromatic nitrogens is 2. The van der Waals surface area contributed by atoms with Crippen molar-refractivity contribution < 1.29 is 9.59 Å². The van der Waals surface area contributed by atoms with Gasteiger partial charge in [0.2, 0.25) is 0 Å². The molecule has 5 rings (SSSR count). The van der Waals surface area contributed by atoms with Crippen molar-refractivity contribution in [1.82, 2.24) is 14.9 Å². The van der Waals surface area contributed by atoms with E-state index in [2.05, 4.69) is 15.3 Å². The summed E-state index contributed by atoms with van der Waals surface area (Å²) in [7, 11) is 0. The number of fused-ring (bicyclic) bond motifs is 2. The van der Waals surface area contributed by atoms with Gasteiger partial charge in [0.1, 0.15) is 16.2 Å². The van der Waals surface area contributed by atoms with Crippen molar-refractivity contribution in [2.24, 2.45) is 0 Å². The summed E-state index contributed by atoms with van der Waals surface area (Å²) in [4.78, 5) is 36.2. The number of hydrogen-bond donors (Lipinski definition) is 0. The third-order valence-electron chi connectivity index (χ3n) is 4.63. The Labute approximate surface area is 169 Å². The van der Waals surface area contributed by atoms with Crippen molar-refractivity contribution in [3.8, 4) is 11.1 Å². The van der Waals surface area contributed by atoms with E-state index in [9.17, 15) is 9.59 Å². The van der Waals surface area contributed by atoms with Crippen LogP contribution in [0.2, 0.25) is 0 Å². The molecule has 7 heteroatoms. The molecule has 28 heavy (non-hydrogen) atoms. The molecule has 0 unspecified atom stereocenters. The number of benzene rings is 2. The van der Waals surface area contributed by atoms with Crippen LogP contribution < -0.4 is 0 Å². The summed E-state index contributed by atoms with van der Waals surface area (Å²) in [6, 6.07) is 17.0. The Morgan fingerprint density at radius 2 is 1.54 bits per heavy atom. The van der Waals surface area contributed by atoms with E-state index < -0.39 is 0 Å². The normalized spacial score (nSPS) is 13.4. The molecule has 2 aromatic heterocycles. The fourth-order valence-electron chi connectivity index (χ4n) is 3.27. The fraction of sp³-hybridized carbons (Fsp3) is 0.0476. The molecule has 1 aliphatic heterocycles. The number of rotatable bonds is 4. The van der Waals surface area contributed by atoms with Crippen molar-refractivity contribution in [3.05, 3.63) is 77.4 Å². The molecule has 0 spiro atoms. The molecule has 136 valence electrons. The highest BCUT2D eigenvalue weighted by molar-refractivity contribution is 7.99. The van der Waals surface area contributed by atoms with Gasteiger partial charge in [-0.05, 0) is 17.7 Å². The minimum absolute atomic E-state index is 0.211. The lowest BCUT2D eigenvalue weighted by Crippen LogP contribution is -2.29. The van der Waals surface area contributed by atoms with Gasteiger partial charge in [-0.15, -0.1) is 11.3 Å². The zero-order valence-corrected chi connectivity index (χ0v) is 16.2. The molecule has 0 bridgehead atoms. The van der Waals surface area contributed by atoms with E-state index in [0.29, 0.717) is 11.1 Å². The Kier molecular flexibility index (Phi) is 4.18. The predicted molar refractivity (Wildman–Crippen MR) is 111 cm³/mol. The third kappa shape index (κ3) is 2.71. The number of nitrogens with zero attached hydrogens (tertiary/aromatic N) is 3. The van der Waals surface area contributed by atoms with Crippen LogP contribution in [0.1, 0.15) is 20.7 Å². The lowest BCUT2D eigenvalue weighted by molar-refractivity contribution is 0.0684. The average Bonchev–Trinajstić information content (AvgIpc) is 3.28. The van der Waals surface area contributed by atoms with Gasteiger partial charge in [-0.3, -0.25) is 14.5 Å². The van der Waals surface area contributed by atoms with Gasteiger partial charge in [0.15, 0.2) is 0 Å². The summed E-state index contributed by atoms with van der Waals surface area (Å²) >= 11 is 2.94. The quantitative estimate of drug-likeness (QED) is 0.281. The number of amides is 2. The smallest absolute Gasteiger partial charge is 0.262 e. The number of thioether (sulfide) groups is 1. The number of carbonyl (C=O) groups is 2. The van der Waals surface area contributed by atoms with Crippen molar-refractivity contribution in [2.45, 2.75) is 5.03 Å². The predicted octanol–water partition coefficient (Wildman–Crippen LogP) is 4.70. The maximum Gasteiger partial charge on any atom is 0.262 e. The van der Waals surface area contributed by atoms with Crippen molar-refractivity contribution in [3.63, 3.8) is 0 Å². The second kappa shape index (κ2) is 6.85. The summed E-state index contributed by atoms with van der Waals surface area (Å²) in [5, 5.41) is 3.79. The van der Waals surface area contributed by atoms with Crippen molar-refractivity contribution >= 4 is 45.1 Å². The topological polar surface area (TPSA) is 63.2 Å². The van der Waals surface area contributed by atoms with Crippen LogP contribution in [0.25, 0.3) is 21.3 Å². The summed E-state index contributed by atoms with van der Waals surface area (Å²) in [6.07, 6.45) is 1.53. The zero-order valence-electron chi connectivity index (χ0n) is 14.5. The third-order valence-corrected chi connectivity index (χ3v) is 6.49. The molecule has 2 amide bonds. The molecule has 0 saturated carbocycles. The molecular weight excluding hydrogens is 390 g/mol. The summed E-state index contributed by atoms with van der Waals surface area (Å²) in [5.41, 5.74) is 3.07. The van der Waals surface area contributed by atoms with E-state index in [0.717, 1.165) is 26.4 Å². The highest BCUT2D eigenvalue weighted by Crippen LogP contribution is 2.38. The van der Waals surface area contributed by atoms with E-state index >= 15 is 0 Å². The van der Waals surface area contributed by atoms with Gasteiger partial charge >= 0.3 is 0 Å². The van der Waals surface area contributed by atoms with Gasteiger partial charge in [0, 0.05) is 10.9 Å². The molecule has 5 nitrogen and oxygen atoms in total. The fourth-order valence-corrected chi connectivity index (χ4v) is 5.21. The number of carbonyl (C=O) groups excluding carboxylic acids is 2. The van der Waals surface area contributed by atoms with Gasteiger partial charge in [0.25, 0.3) is 11.8 Å². The first-order valence-electron chi connectivity index (χ1n) is 8.59. The molecule has 0 N–H and O–H groups in total. The molecule has 0 radical (unpaired) electrons. The van der Waals surface area contributed by atoms with Gasteiger partial charge in [-0.1, -0.05) is 54.2 Å². The monoisotopic (exact) mass is 403 g/mol. The van der Waals surface area contributed by atoms with Crippen LogP contribution in [0.3, 0.4) is 0 Å². The standard InChI is InChI=1S/C21H13N3O2S2/c25-20-14-8-4-5-9-15(14)21(26)24(20)12-28-19-17-16(13-6-2-1-3-7-13)10-27-18(17)22-11-23-19/h1-11H,12H2. The average molecular weight is 403 g/mol. The Bertz CT molecular complexity index is 1190. The molecule has 0 atom stereocenters. The Hall–Kier alpha value is -3.03. The van der Waals surface area contributed by atoms with E-state index in [4.69, 9.17) is 0 Å². The first kappa shape index (κ1) is 17.1. The zero-order chi connectivity index (χ0) is 19.1. The van der Waals surface area contributed by atoms with Crippen molar-refractivity contribution in [1.29, 1.82) is 0 Å². The van der Waals surface area contributed by atoms with E-state index in [-0.39, 0.29) is 17.7 Å². The Balaban J connectivity index is 1.48. The number of thiophene rings is 1. The van der Waals surface area contributed by atoms with E-state index in [1.165, 1.54) is 23.0 Å². The molecular formula is C21H13N3O2S2. The molecule has 4 aromatic rings. The summed E-state index contributed by atoms with van der Waals surface area (Å²) in [6.45, 7) is 0.